The van der Waals surface area contributed by atoms with E-state index in [-0.39, 0.29) is 55.4 Å². The monoisotopic (exact) mass is 1160 g/mol. The number of rotatable bonds is 19. The van der Waals surface area contributed by atoms with Gasteiger partial charge in [0.25, 0.3) is 20.2 Å². The van der Waals surface area contributed by atoms with Gasteiger partial charge in [0.2, 0.25) is 17.7 Å². The van der Waals surface area contributed by atoms with E-state index in [0.29, 0.717) is 22.2 Å². The third-order valence-electron chi connectivity index (χ3n) is 10.6. The van der Waals surface area contributed by atoms with E-state index in [1.807, 2.05) is 19.9 Å². The van der Waals surface area contributed by atoms with Crippen LogP contribution in [0.15, 0.2) is 123 Å². The number of carbonyl (C=O) groups excluding carboxylic acids is 4. The van der Waals surface area contributed by atoms with E-state index in [0.717, 1.165) is 16.7 Å². The van der Waals surface area contributed by atoms with E-state index in [4.69, 9.17) is 56.5 Å². The number of halogens is 1. The minimum Gasteiger partial charge on any atom is -0.490 e. The number of nitrogen functional groups attached to an aromatic ring is 1. The van der Waals surface area contributed by atoms with Crippen LogP contribution < -0.4 is 32.6 Å². The molecule has 2 amide bonds. The Morgan fingerprint density at radius 2 is 1.19 bits per heavy atom. The van der Waals surface area contributed by atoms with Crippen molar-refractivity contribution < 1.29 is 63.7 Å². The van der Waals surface area contributed by atoms with Crippen LogP contribution in [-0.4, -0.2) is 103 Å². The van der Waals surface area contributed by atoms with Crippen molar-refractivity contribution in [3.05, 3.63) is 136 Å². The Labute approximate surface area is 465 Å². The van der Waals surface area contributed by atoms with Gasteiger partial charge in [0, 0.05) is 21.9 Å². The molecule has 418 valence electrons. The Morgan fingerprint density at radius 1 is 0.709 bits per heavy atom. The summed E-state index contributed by atoms with van der Waals surface area (Å²) in [5.74, 6) is -1.98. The Hall–Kier alpha value is -7.92. The van der Waals surface area contributed by atoms with Crippen LogP contribution >= 0.6 is 23.4 Å². The summed E-state index contributed by atoms with van der Waals surface area (Å²) < 4.78 is 81.4. The Balaban J connectivity index is 0.000000500. The molecular weight excluding hydrogens is 1110 g/mol. The van der Waals surface area contributed by atoms with Gasteiger partial charge in [-0.1, -0.05) is 70.9 Å². The predicted octanol–water partition coefficient (Wildman–Crippen LogP) is 5.70. The number of hydrogen-bond donors (Lipinski definition) is 7. The van der Waals surface area contributed by atoms with E-state index in [1.165, 1.54) is 70.0 Å². The molecule has 0 spiro atoms. The normalized spacial score (nSPS) is 12.9. The second-order valence-electron chi connectivity index (χ2n) is 17.2. The first-order valence-corrected chi connectivity index (χ1v) is 27.6. The number of nitrogens with one attached hydrogen (secondary N) is 2. The number of aryl methyl sites for hydroxylation is 2. The van der Waals surface area contributed by atoms with Crippen molar-refractivity contribution in [1.29, 1.82) is 10.5 Å². The van der Waals surface area contributed by atoms with E-state index >= 15 is 0 Å². The van der Waals surface area contributed by atoms with Crippen LogP contribution in [0.3, 0.4) is 0 Å². The van der Waals surface area contributed by atoms with Crippen molar-refractivity contribution in [2.45, 2.75) is 92.4 Å². The summed E-state index contributed by atoms with van der Waals surface area (Å²) in [4.78, 5) is 58.2. The molecule has 27 heteroatoms. The molecule has 5 atom stereocenters. The number of pyridine rings is 1. The molecule has 10 N–H and O–H groups in total. The van der Waals surface area contributed by atoms with Crippen LogP contribution in [0.25, 0.3) is 22.6 Å². The van der Waals surface area contributed by atoms with Gasteiger partial charge in [-0.2, -0.15) is 27.4 Å². The van der Waals surface area contributed by atoms with Gasteiger partial charge >= 0.3 is 11.9 Å². The Kier molecular flexibility index (Phi) is 23.5. The zero-order valence-electron chi connectivity index (χ0n) is 43.2. The van der Waals surface area contributed by atoms with E-state index in [1.54, 1.807) is 72.8 Å². The number of ether oxygens (including phenoxy) is 3. The summed E-state index contributed by atoms with van der Waals surface area (Å²) in [5, 5.41) is 26.0. The second kappa shape index (κ2) is 29.2. The highest BCUT2D eigenvalue weighted by Crippen LogP contribution is 2.37. The van der Waals surface area contributed by atoms with Gasteiger partial charge in [0.1, 0.15) is 65.9 Å². The smallest absolute Gasteiger partial charge is 0.328 e. The van der Waals surface area contributed by atoms with E-state index in [2.05, 4.69) is 26.7 Å². The molecule has 0 fully saturated rings. The van der Waals surface area contributed by atoms with Gasteiger partial charge in [-0.3, -0.25) is 18.7 Å². The quantitative estimate of drug-likeness (QED) is 0.0290. The largest absolute Gasteiger partial charge is 0.490 e. The average molecular weight is 1160 g/mol. The summed E-state index contributed by atoms with van der Waals surface area (Å²) in [5.41, 5.74) is 21.4. The fourth-order valence-corrected chi connectivity index (χ4v) is 8.21. The van der Waals surface area contributed by atoms with Gasteiger partial charge in [0.05, 0.1) is 33.1 Å². The first-order chi connectivity index (χ1) is 37.1. The number of esters is 2. The molecule has 0 saturated carbocycles. The molecular formula is C52H56ClN9O14S3. The Bertz CT molecular complexity index is 3330. The van der Waals surface area contributed by atoms with Crippen molar-refractivity contribution in [2.24, 2.45) is 11.5 Å². The number of thioether (sulfide) groups is 1. The molecule has 2 unspecified atom stereocenters. The van der Waals surface area contributed by atoms with E-state index < -0.39 is 80.9 Å². The molecule has 2 heterocycles. The van der Waals surface area contributed by atoms with Crippen LogP contribution in [0.4, 0.5) is 5.82 Å². The molecule has 4 aromatic carbocycles. The van der Waals surface area contributed by atoms with Crippen molar-refractivity contribution >= 4 is 73.2 Å². The van der Waals surface area contributed by atoms with Crippen LogP contribution in [-0.2, 0) is 54.6 Å². The molecule has 0 aliphatic carbocycles. The summed E-state index contributed by atoms with van der Waals surface area (Å²) in [7, 11) is -8.04. The maximum Gasteiger partial charge on any atom is 0.328 e. The number of oxazole rings is 1. The molecule has 0 aliphatic rings. The maximum atomic E-state index is 12.9. The predicted molar refractivity (Wildman–Crippen MR) is 291 cm³/mol. The lowest BCUT2D eigenvalue weighted by molar-refractivity contribution is -0.163. The van der Waals surface area contributed by atoms with Crippen molar-refractivity contribution in [2.75, 3.05) is 18.9 Å². The number of benzene rings is 4. The summed E-state index contributed by atoms with van der Waals surface area (Å²) in [6.07, 6.45) is 0.323. The molecule has 6 rings (SSSR count). The van der Waals surface area contributed by atoms with Crippen LogP contribution in [0, 0.1) is 36.5 Å². The molecule has 6 aromatic rings. The first-order valence-electron chi connectivity index (χ1n) is 23.4. The lowest BCUT2D eigenvalue weighted by Gasteiger charge is -2.22. The van der Waals surface area contributed by atoms with Crippen LogP contribution in [0.5, 0.6) is 5.75 Å². The maximum absolute atomic E-state index is 12.9. The highest BCUT2D eigenvalue weighted by Gasteiger charge is 2.27. The molecule has 0 radical (unpaired) electrons. The van der Waals surface area contributed by atoms with E-state index in [9.17, 15) is 46.5 Å². The highest BCUT2D eigenvalue weighted by atomic mass is 35.5. The number of nitrogens with two attached hydrogens (primary N) is 3. The fraction of sp³-hybridized carbons (Fsp3) is 0.269. The number of nitrogens with zero attached hydrogens (tertiary/aromatic N) is 4. The number of anilines is 1. The summed E-state index contributed by atoms with van der Waals surface area (Å²) in [6.45, 7) is 8.59. The summed E-state index contributed by atoms with van der Waals surface area (Å²) >= 11 is 7.18. The van der Waals surface area contributed by atoms with Crippen molar-refractivity contribution in [3.8, 4) is 40.5 Å². The minimum atomic E-state index is -4.02. The molecule has 0 aliphatic heterocycles. The third kappa shape index (κ3) is 19.8. The third-order valence-corrected chi connectivity index (χ3v) is 13.6. The zero-order valence-corrected chi connectivity index (χ0v) is 46.4. The lowest BCUT2D eigenvalue weighted by atomic mass is 9.97. The van der Waals surface area contributed by atoms with Gasteiger partial charge in [-0.15, -0.1) is 0 Å². The number of carbonyl (C=O) groups is 4. The first kappa shape index (κ1) is 63.6. The number of amides is 2. The zero-order chi connectivity index (χ0) is 58.8. The van der Waals surface area contributed by atoms with Crippen LogP contribution in [0.2, 0.25) is 5.02 Å². The molecule has 0 bridgehead atoms. The van der Waals surface area contributed by atoms with Crippen LogP contribution in [0.1, 0.15) is 55.6 Å². The standard InChI is InChI=1S/C38H40ClN9O8S.2C7H8O3S/c1-19(42)33(49)45-21(3)37(51)55-17-28(56-38(52)22(4)46-34(50)20(2)43)16-53-27-11-7-23(8-12-27)31-29(13-40)32(44)48-36(30(31)14-41)57-18-26-15-54-35(47-26)24-5-9-25(39)10-6-24;2*1-6-2-4-7(5-3-6)11(8,9)10/h5-12,15,19-22,28H,16-18,42-43H2,1-4H3,(H2,44,48)(H,45,49)(H,46,50);2*2-5H,1H3,(H,8,9,10)/t19-,20-,21?,22?,28-;;/m0../s1. The highest BCUT2D eigenvalue weighted by molar-refractivity contribution is 7.98. The topological polar surface area (TPSA) is 393 Å². The lowest BCUT2D eigenvalue weighted by Crippen LogP contribution is -2.48. The molecule has 79 heavy (non-hydrogen) atoms. The fourth-order valence-electron chi connectivity index (χ4n) is 6.25. The molecule has 23 nitrogen and oxygen atoms in total. The number of aromatic nitrogens is 2. The number of hydrogen-bond acceptors (Lipinski definition) is 20. The van der Waals surface area contributed by atoms with Crippen molar-refractivity contribution in [1.82, 2.24) is 20.6 Å². The van der Waals surface area contributed by atoms with Gasteiger partial charge in [0.15, 0.2) is 6.10 Å². The average Bonchev–Trinajstić information content (AvgIpc) is 3.91. The molecule has 0 saturated heterocycles. The molecule has 2 aromatic heterocycles. The van der Waals surface area contributed by atoms with Gasteiger partial charge in [-0.05, 0) is 108 Å². The SMILES string of the molecule is CC(NC(=O)[C@H](C)N)C(=O)OC[C@H](COc1ccc(-c2c(C#N)c(N)nc(SCc3coc(-c4ccc(Cl)cc4)n3)c2C#N)cc1)OC(=O)C(C)NC(=O)[C@H](C)N.Cc1ccc(S(=O)(=O)O)cc1.Cc1ccc(S(=O)(=O)O)cc1. The minimum absolute atomic E-state index is 0.00130. The van der Waals surface area contributed by atoms with Crippen molar-refractivity contribution in [3.63, 3.8) is 0 Å². The second-order valence-corrected chi connectivity index (χ2v) is 21.5. The number of nitriles is 2. The Morgan fingerprint density at radius 3 is 1.66 bits per heavy atom. The van der Waals surface area contributed by atoms with Gasteiger partial charge < -0.3 is 46.5 Å². The summed E-state index contributed by atoms with van der Waals surface area (Å²) in [6, 6.07) is 25.6. The van der Waals surface area contributed by atoms with Gasteiger partial charge in [-0.25, -0.2) is 19.6 Å².